The third-order valence-corrected chi connectivity index (χ3v) is 1.98. The van der Waals surface area contributed by atoms with E-state index in [0.717, 1.165) is 12.4 Å². The fourth-order valence-corrected chi connectivity index (χ4v) is 1.28. The predicted octanol–water partition coefficient (Wildman–Crippen LogP) is 2.34. The Balaban J connectivity index is 2.66. The Hall–Kier alpha value is -2.05. The highest BCUT2D eigenvalue weighted by Crippen LogP contribution is 2.23. The average molecular weight is 213 g/mol. The van der Waals surface area contributed by atoms with Gasteiger partial charge < -0.3 is 0 Å². The second kappa shape index (κ2) is 3.26. The molecule has 0 bridgehead atoms. The van der Waals surface area contributed by atoms with Crippen LogP contribution in [0.1, 0.15) is 6.55 Å². The number of aromatic nitrogens is 2. The van der Waals surface area contributed by atoms with Crippen molar-refractivity contribution in [3.63, 3.8) is 0 Å². The van der Waals surface area contributed by atoms with Crippen molar-refractivity contribution in [1.82, 2.24) is 9.55 Å². The van der Waals surface area contributed by atoms with Gasteiger partial charge in [0.2, 0.25) is 0 Å². The molecule has 0 N–H and O–H groups in total. The Labute approximate surface area is 82.1 Å². The second-order valence-corrected chi connectivity index (χ2v) is 2.86. The van der Waals surface area contributed by atoms with E-state index in [9.17, 15) is 18.9 Å². The highest BCUT2D eigenvalue weighted by atomic mass is 19.3. The predicted molar refractivity (Wildman–Crippen MR) is 47.6 cm³/mol. The van der Waals surface area contributed by atoms with E-state index in [2.05, 4.69) is 4.98 Å². The van der Waals surface area contributed by atoms with Gasteiger partial charge in [0.1, 0.15) is 6.33 Å². The minimum absolute atomic E-state index is 0.0548. The molecule has 5 nitrogen and oxygen atoms in total. The third-order valence-electron chi connectivity index (χ3n) is 1.98. The lowest BCUT2D eigenvalue weighted by Crippen LogP contribution is -1.96. The van der Waals surface area contributed by atoms with Gasteiger partial charge in [-0.15, -0.1) is 0 Å². The number of non-ortho nitro benzene ring substituents is 1. The van der Waals surface area contributed by atoms with Crippen LogP contribution in [0.2, 0.25) is 0 Å². The maximum atomic E-state index is 12.4. The Bertz CT molecular complexity index is 524. The smallest absolute Gasteiger partial charge is 0.273 e. The van der Waals surface area contributed by atoms with Crippen LogP contribution in [0.5, 0.6) is 0 Å². The molecule has 78 valence electrons. The van der Waals surface area contributed by atoms with Gasteiger partial charge in [0.05, 0.1) is 16.0 Å². The Morgan fingerprint density at radius 2 is 2.20 bits per heavy atom. The van der Waals surface area contributed by atoms with Gasteiger partial charge in [-0.05, 0) is 6.07 Å². The summed E-state index contributed by atoms with van der Waals surface area (Å²) in [5.41, 5.74) is 0.130. The van der Waals surface area contributed by atoms with Crippen molar-refractivity contribution >= 4 is 16.7 Å². The van der Waals surface area contributed by atoms with E-state index in [0.29, 0.717) is 10.1 Å². The standard InChI is InChI=1S/C8H5F2N3O2/c9-8(10)12-4-11-6-2-1-5(13(14)15)3-7(6)12/h1-4,8H. The fourth-order valence-electron chi connectivity index (χ4n) is 1.28. The van der Waals surface area contributed by atoms with E-state index in [1.165, 1.54) is 12.1 Å². The first-order valence-electron chi connectivity index (χ1n) is 3.99. The summed E-state index contributed by atoms with van der Waals surface area (Å²) >= 11 is 0. The van der Waals surface area contributed by atoms with Gasteiger partial charge in [0.25, 0.3) is 5.69 Å². The van der Waals surface area contributed by atoms with E-state index in [1.807, 2.05) is 0 Å². The molecule has 0 spiro atoms. The third kappa shape index (κ3) is 1.51. The number of nitrogens with zero attached hydrogens (tertiary/aromatic N) is 3. The average Bonchev–Trinajstić information content (AvgIpc) is 2.59. The first kappa shape index (κ1) is 9.50. The zero-order valence-corrected chi connectivity index (χ0v) is 7.30. The summed E-state index contributed by atoms with van der Waals surface area (Å²) in [6, 6.07) is 3.64. The number of imidazole rings is 1. The van der Waals surface area contributed by atoms with Crippen LogP contribution in [0, 0.1) is 10.1 Å². The van der Waals surface area contributed by atoms with E-state index in [-0.39, 0.29) is 11.2 Å². The monoisotopic (exact) mass is 213 g/mol. The lowest BCUT2D eigenvalue weighted by molar-refractivity contribution is -0.384. The first-order chi connectivity index (χ1) is 7.09. The molecule has 1 aromatic heterocycles. The number of fused-ring (bicyclic) bond motifs is 1. The molecule has 7 heteroatoms. The number of nitro benzene ring substituents is 1. The molecular formula is C8H5F2N3O2. The molecule has 0 aliphatic rings. The van der Waals surface area contributed by atoms with Crippen molar-refractivity contribution in [3.05, 3.63) is 34.6 Å². The van der Waals surface area contributed by atoms with Gasteiger partial charge in [-0.25, -0.2) is 4.98 Å². The molecule has 0 fully saturated rings. The van der Waals surface area contributed by atoms with Crippen molar-refractivity contribution in [2.45, 2.75) is 6.55 Å². The zero-order valence-electron chi connectivity index (χ0n) is 7.30. The van der Waals surface area contributed by atoms with Crippen LogP contribution in [-0.2, 0) is 0 Å². The normalized spacial score (nSPS) is 11.1. The topological polar surface area (TPSA) is 61.0 Å². The minimum atomic E-state index is -2.75. The number of hydrogen-bond acceptors (Lipinski definition) is 3. The van der Waals surface area contributed by atoms with E-state index < -0.39 is 11.5 Å². The molecule has 0 aliphatic carbocycles. The van der Waals surface area contributed by atoms with Crippen LogP contribution in [0.3, 0.4) is 0 Å². The quantitative estimate of drug-likeness (QED) is 0.568. The lowest BCUT2D eigenvalue weighted by atomic mass is 10.3. The molecule has 0 atom stereocenters. The molecule has 2 aromatic rings. The summed E-state index contributed by atoms with van der Waals surface area (Å²) in [6.07, 6.45) is 0.957. The largest absolute Gasteiger partial charge is 0.320 e. The number of hydrogen-bond donors (Lipinski definition) is 0. The van der Waals surface area contributed by atoms with Crippen molar-refractivity contribution in [2.75, 3.05) is 0 Å². The van der Waals surface area contributed by atoms with Crippen LogP contribution in [0.25, 0.3) is 11.0 Å². The number of rotatable bonds is 2. The van der Waals surface area contributed by atoms with Crippen LogP contribution >= 0.6 is 0 Å². The molecule has 0 saturated carbocycles. The summed E-state index contributed by atoms with van der Waals surface area (Å²) in [6.45, 7) is -2.75. The van der Waals surface area contributed by atoms with E-state index >= 15 is 0 Å². The highest BCUT2D eigenvalue weighted by molar-refractivity contribution is 5.78. The van der Waals surface area contributed by atoms with E-state index in [4.69, 9.17) is 0 Å². The summed E-state index contributed by atoms with van der Waals surface area (Å²) in [4.78, 5) is 13.5. The summed E-state index contributed by atoms with van der Waals surface area (Å²) in [5.74, 6) is 0. The number of halogens is 2. The van der Waals surface area contributed by atoms with Crippen LogP contribution < -0.4 is 0 Å². The molecule has 0 amide bonds. The van der Waals surface area contributed by atoms with Gasteiger partial charge in [0, 0.05) is 12.1 Å². The van der Waals surface area contributed by atoms with Crippen molar-refractivity contribution in [3.8, 4) is 0 Å². The SMILES string of the molecule is O=[N+]([O-])c1ccc2ncn(C(F)F)c2c1. The Morgan fingerprint density at radius 3 is 2.80 bits per heavy atom. The molecule has 15 heavy (non-hydrogen) atoms. The zero-order chi connectivity index (χ0) is 11.0. The van der Waals surface area contributed by atoms with Gasteiger partial charge in [-0.1, -0.05) is 0 Å². The minimum Gasteiger partial charge on any atom is -0.273 e. The molecular weight excluding hydrogens is 208 g/mol. The van der Waals surface area contributed by atoms with Crippen molar-refractivity contribution in [2.24, 2.45) is 0 Å². The molecule has 1 heterocycles. The fraction of sp³-hybridized carbons (Fsp3) is 0.125. The van der Waals surface area contributed by atoms with E-state index in [1.54, 1.807) is 0 Å². The van der Waals surface area contributed by atoms with Crippen LogP contribution in [0.4, 0.5) is 14.5 Å². The first-order valence-corrected chi connectivity index (χ1v) is 3.99. The molecule has 2 rings (SSSR count). The lowest BCUT2D eigenvalue weighted by Gasteiger charge is -2.00. The molecule has 1 aromatic carbocycles. The van der Waals surface area contributed by atoms with Gasteiger partial charge >= 0.3 is 6.55 Å². The molecule has 0 unspecified atom stereocenters. The van der Waals surface area contributed by atoms with Crippen LogP contribution in [0.15, 0.2) is 24.5 Å². The Morgan fingerprint density at radius 1 is 1.47 bits per heavy atom. The summed E-state index contributed by atoms with van der Waals surface area (Å²) in [5, 5.41) is 10.4. The van der Waals surface area contributed by atoms with Crippen molar-refractivity contribution in [1.29, 1.82) is 0 Å². The van der Waals surface area contributed by atoms with Gasteiger partial charge in [-0.3, -0.25) is 14.7 Å². The summed E-state index contributed by atoms with van der Waals surface area (Å²) < 4.78 is 25.4. The maximum absolute atomic E-state index is 12.4. The maximum Gasteiger partial charge on any atom is 0.320 e. The number of benzene rings is 1. The molecule has 0 saturated heterocycles. The number of nitro groups is 1. The second-order valence-electron chi connectivity index (χ2n) is 2.86. The van der Waals surface area contributed by atoms with Crippen LogP contribution in [-0.4, -0.2) is 14.5 Å². The van der Waals surface area contributed by atoms with Gasteiger partial charge in [-0.2, -0.15) is 8.78 Å². The molecule has 0 radical (unpaired) electrons. The van der Waals surface area contributed by atoms with Gasteiger partial charge in [0.15, 0.2) is 0 Å². The molecule has 0 aliphatic heterocycles. The Kier molecular flexibility index (Phi) is 2.07. The van der Waals surface area contributed by atoms with Crippen molar-refractivity contribution < 1.29 is 13.7 Å². The summed E-state index contributed by atoms with van der Waals surface area (Å²) in [7, 11) is 0. The number of alkyl halides is 2. The highest BCUT2D eigenvalue weighted by Gasteiger charge is 2.14.